The van der Waals surface area contributed by atoms with Crippen LogP contribution in [0.4, 0.5) is 17.4 Å². The van der Waals surface area contributed by atoms with Crippen LogP contribution in [-0.2, 0) is 4.79 Å². The first kappa shape index (κ1) is 27.4. The fraction of sp³-hybridized carbons (Fsp3) is 0.241. The topological polar surface area (TPSA) is 150 Å². The number of likely N-dealkylation sites (N-methyl/N-ethyl adjacent to an activating group) is 1. The number of para-hydroxylation sites is 1. The van der Waals surface area contributed by atoms with E-state index in [1.54, 1.807) is 30.4 Å². The number of anilines is 2. The molecule has 12 nitrogen and oxygen atoms in total. The molecule has 1 amide bonds. The lowest BCUT2D eigenvalue weighted by molar-refractivity contribution is -0.402. The van der Waals surface area contributed by atoms with Crippen LogP contribution in [-0.4, -0.2) is 80.9 Å². The van der Waals surface area contributed by atoms with Crippen LogP contribution in [0.5, 0.6) is 5.75 Å². The quantitative estimate of drug-likeness (QED) is 0.238. The molecule has 4 heterocycles. The lowest BCUT2D eigenvalue weighted by Gasteiger charge is -2.34. The molecule has 1 fully saturated rings. The molecule has 42 heavy (non-hydrogen) atoms. The van der Waals surface area contributed by atoms with Gasteiger partial charge >= 0.3 is 5.88 Å². The Morgan fingerprint density at radius 2 is 1.93 bits per heavy atom. The number of amides is 1. The third-order valence-corrected chi connectivity index (χ3v) is 8.17. The Balaban J connectivity index is 1.31. The number of nitro groups is 1. The molecule has 13 heteroatoms. The molecule has 214 valence electrons. The van der Waals surface area contributed by atoms with Gasteiger partial charge in [-0.25, -0.2) is 9.97 Å². The maximum Gasteiger partial charge on any atom is 0.433 e. The van der Waals surface area contributed by atoms with Crippen molar-refractivity contribution in [1.82, 2.24) is 14.9 Å². The van der Waals surface area contributed by atoms with E-state index in [-0.39, 0.29) is 23.3 Å². The van der Waals surface area contributed by atoms with E-state index in [1.807, 2.05) is 24.3 Å². The summed E-state index contributed by atoms with van der Waals surface area (Å²) in [4.78, 5) is 42.2. The Morgan fingerprint density at radius 1 is 1.12 bits per heavy atom. The van der Waals surface area contributed by atoms with Gasteiger partial charge in [0, 0.05) is 48.6 Å². The summed E-state index contributed by atoms with van der Waals surface area (Å²) in [6, 6.07) is 14.9. The van der Waals surface area contributed by atoms with Crippen molar-refractivity contribution < 1.29 is 19.2 Å². The van der Waals surface area contributed by atoms with Crippen LogP contribution >= 0.6 is 11.8 Å². The number of piperazine rings is 1. The number of nitrogens with one attached hydrogen (secondary N) is 1. The Bertz CT molecular complexity index is 1730. The van der Waals surface area contributed by atoms with Gasteiger partial charge in [-0.3, -0.25) is 19.9 Å². The molecule has 0 radical (unpaired) electrons. The highest BCUT2D eigenvalue weighted by molar-refractivity contribution is 8.14. The second-order valence-electron chi connectivity index (χ2n) is 9.96. The minimum Gasteiger partial charge on any atom is -0.507 e. The van der Waals surface area contributed by atoms with Gasteiger partial charge in [0.05, 0.1) is 11.6 Å². The van der Waals surface area contributed by atoms with E-state index >= 15 is 0 Å². The van der Waals surface area contributed by atoms with Gasteiger partial charge in [-0.1, -0.05) is 12.1 Å². The van der Waals surface area contributed by atoms with Crippen LogP contribution in [0.1, 0.15) is 17.1 Å². The Labute approximate surface area is 244 Å². The number of aliphatic imine (C=N–C) groups is 1. The average molecular weight is 586 g/mol. The van der Waals surface area contributed by atoms with Crippen molar-refractivity contribution in [2.45, 2.75) is 6.04 Å². The zero-order chi connectivity index (χ0) is 29.2. The van der Waals surface area contributed by atoms with Gasteiger partial charge in [0.2, 0.25) is 0 Å². The van der Waals surface area contributed by atoms with E-state index in [2.05, 4.69) is 32.1 Å². The number of hydrogen-bond acceptors (Lipinski definition) is 11. The van der Waals surface area contributed by atoms with Gasteiger partial charge < -0.3 is 24.6 Å². The van der Waals surface area contributed by atoms with Crippen molar-refractivity contribution in [3.8, 4) is 5.75 Å². The Hall–Kier alpha value is -4.75. The van der Waals surface area contributed by atoms with Crippen molar-refractivity contribution in [3.63, 3.8) is 0 Å². The number of carbonyl (C=O) groups excluding carboxylic acids is 1. The fourth-order valence-corrected chi connectivity index (χ4v) is 5.84. The number of nitrogens with zero attached hydrogens (tertiary/aromatic N) is 6. The van der Waals surface area contributed by atoms with Gasteiger partial charge in [0.1, 0.15) is 33.3 Å². The van der Waals surface area contributed by atoms with Crippen molar-refractivity contribution >= 4 is 63.2 Å². The molecular formula is C29H27N7O5S. The lowest BCUT2D eigenvalue weighted by Crippen LogP contribution is -2.44. The number of aromatic hydroxyl groups is 1. The largest absolute Gasteiger partial charge is 0.507 e. The highest BCUT2D eigenvalue weighted by Gasteiger charge is 2.28. The zero-order valence-corrected chi connectivity index (χ0v) is 23.5. The molecule has 0 bridgehead atoms. The second kappa shape index (κ2) is 11.6. The number of aromatic nitrogens is 2. The van der Waals surface area contributed by atoms with E-state index in [0.29, 0.717) is 38.9 Å². The van der Waals surface area contributed by atoms with E-state index in [9.17, 15) is 20.0 Å². The first-order valence-corrected chi connectivity index (χ1v) is 14.3. The molecular weight excluding hydrogens is 558 g/mol. The van der Waals surface area contributed by atoms with Crippen LogP contribution in [0.2, 0.25) is 0 Å². The summed E-state index contributed by atoms with van der Waals surface area (Å²) in [7, 11) is 2.10. The van der Waals surface area contributed by atoms with Gasteiger partial charge in [-0.15, -0.1) is 11.8 Å². The van der Waals surface area contributed by atoms with Crippen LogP contribution in [0.15, 0.2) is 64.0 Å². The van der Waals surface area contributed by atoms with Crippen molar-refractivity contribution in [2.24, 2.45) is 4.99 Å². The monoisotopic (exact) mass is 585 g/mol. The summed E-state index contributed by atoms with van der Waals surface area (Å²) in [5.41, 5.74) is 2.25. The molecule has 2 aliphatic heterocycles. The van der Waals surface area contributed by atoms with Gasteiger partial charge in [0.15, 0.2) is 5.82 Å². The maximum absolute atomic E-state index is 13.4. The molecule has 1 saturated heterocycles. The predicted molar refractivity (Wildman–Crippen MR) is 163 cm³/mol. The van der Waals surface area contributed by atoms with Crippen LogP contribution in [0.25, 0.3) is 23.1 Å². The maximum atomic E-state index is 13.4. The number of phenolic OH excluding ortho intramolecular Hbond substituents is 1. The predicted octanol–water partition coefficient (Wildman–Crippen LogP) is 4.26. The van der Waals surface area contributed by atoms with Crippen molar-refractivity contribution in [3.05, 3.63) is 81.9 Å². The van der Waals surface area contributed by atoms with Gasteiger partial charge in [0.25, 0.3) is 5.91 Å². The van der Waals surface area contributed by atoms with Crippen LogP contribution in [0, 0.1) is 10.1 Å². The number of phenols is 1. The Kier molecular flexibility index (Phi) is 7.59. The average Bonchev–Trinajstić information content (AvgIpc) is 3.67. The molecule has 0 aliphatic carbocycles. The second-order valence-corrected chi connectivity index (χ2v) is 11.0. The number of fused-ring (bicyclic) bond motifs is 1. The summed E-state index contributed by atoms with van der Waals surface area (Å²) in [5.74, 6) is 0.751. The van der Waals surface area contributed by atoms with Gasteiger partial charge in [-0.2, -0.15) is 0 Å². The highest BCUT2D eigenvalue weighted by Crippen LogP contribution is 2.31. The van der Waals surface area contributed by atoms with Crippen LogP contribution < -0.4 is 10.2 Å². The number of carbonyl (C=O) groups is 1. The molecule has 4 aromatic rings. The van der Waals surface area contributed by atoms with Crippen LogP contribution in [0.3, 0.4) is 0 Å². The molecule has 1 unspecified atom stereocenters. The molecule has 2 aromatic carbocycles. The summed E-state index contributed by atoms with van der Waals surface area (Å²) in [5, 5.41) is 25.4. The van der Waals surface area contributed by atoms with Crippen molar-refractivity contribution in [2.75, 3.05) is 49.2 Å². The normalized spacial score (nSPS) is 17.6. The summed E-state index contributed by atoms with van der Waals surface area (Å²) in [6.07, 6.45) is 3.13. The minimum atomic E-state index is -0.665. The van der Waals surface area contributed by atoms with E-state index in [0.717, 1.165) is 31.9 Å². The Morgan fingerprint density at radius 3 is 2.69 bits per heavy atom. The SMILES string of the molecule is CN1CCN(c2ccc3c(NC(=O)C4CSC(c5ccccc5O)=N4)nc(/C=C/c4ccc([N+](=O)[O-])o4)nc3c2)CC1. The highest BCUT2D eigenvalue weighted by atomic mass is 32.2. The molecule has 2 N–H and O–H groups in total. The summed E-state index contributed by atoms with van der Waals surface area (Å²) in [6.45, 7) is 3.68. The number of benzene rings is 2. The fourth-order valence-electron chi connectivity index (χ4n) is 4.76. The smallest absolute Gasteiger partial charge is 0.433 e. The van der Waals surface area contributed by atoms with Gasteiger partial charge in [-0.05, 0) is 55.6 Å². The van der Waals surface area contributed by atoms with E-state index in [4.69, 9.17) is 9.40 Å². The summed E-state index contributed by atoms with van der Waals surface area (Å²) >= 11 is 1.41. The molecule has 0 saturated carbocycles. The zero-order valence-electron chi connectivity index (χ0n) is 22.6. The first-order valence-electron chi connectivity index (χ1n) is 13.3. The molecule has 1 atom stereocenters. The number of furan rings is 1. The third kappa shape index (κ3) is 5.83. The number of hydrogen-bond donors (Lipinski definition) is 2. The van der Waals surface area contributed by atoms with E-state index in [1.165, 1.54) is 23.9 Å². The molecule has 6 rings (SSSR count). The summed E-state index contributed by atoms with van der Waals surface area (Å²) < 4.78 is 5.22. The molecule has 0 spiro atoms. The molecule has 2 aromatic heterocycles. The number of thioether (sulfide) groups is 1. The number of rotatable bonds is 7. The third-order valence-electron chi connectivity index (χ3n) is 7.09. The molecule has 2 aliphatic rings. The lowest BCUT2D eigenvalue weighted by atomic mass is 10.1. The minimum absolute atomic E-state index is 0.112. The van der Waals surface area contributed by atoms with E-state index < -0.39 is 11.0 Å². The van der Waals surface area contributed by atoms with Crippen molar-refractivity contribution in [1.29, 1.82) is 0 Å². The standard InChI is InChI=1S/C29H27N7O5S/c1-34-12-14-35(15-13-34)18-6-9-20-22(16-18)30-25(10-7-19-8-11-26(41-19)36(39)40)32-27(20)33-28(38)23-17-42-29(31-23)21-4-2-3-5-24(21)37/h2-11,16,23,37H,12-15,17H2,1H3,(H,30,32,33,38)/b10-7+. The first-order chi connectivity index (χ1) is 20.3.